The van der Waals surface area contributed by atoms with Gasteiger partial charge in [-0.15, -0.1) is 0 Å². The van der Waals surface area contributed by atoms with Gasteiger partial charge in [-0.1, -0.05) is 66.2 Å². The van der Waals surface area contributed by atoms with Crippen LogP contribution in [0.2, 0.25) is 5.02 Å². The molecule has 3 aromatic carbocycles. The molecule has 2 amide bonds. The lowest BCUT2D eigenvalue weighted by molar-refractivity contribution is -0.142. The first-order valence-corrected chi connectivity index (χ1v) is 13.1. The standard InChI is InChI=1S/C30H35ClN2O5/c1-3-37-19-9-18-32-30(35)27(20-23-10-5-4-6-11-23)33(21-24-14-16-25(36-2)17-15-24)29(34)22-38-28-13-8-7-12-26(28)31/h4-8,10-17,27H,3,9,18-22H2,1-2H3,(H,32,35)/t27-/m1/s1. The van der Waals surface area contributed by atoms with Crippen molar-refractivity contribution < 1.29 is 23.8 Å². The molecule has 0 bridgehead atoms. The van der Waals surface area contributed by atoms with Gasteiger partial charge in [-0.3, -0.25) is 9.59 Å². The van der Waals surface area contributed by atoms with Gasteiger partial charge in [0.1, 0.15) is 17.5 Å². The molecule has 0 fully saturated rings. The quantitative estimate of drug-likeness (QED) is 0.278. The van der Waals surface area contributed by atoms with E-state index in [-0.39, 0.29) is 25.0 Å². The third-order valence-electron chi connectivity index (χ3n) is 5.94. The Morgan fingerprint density at radius 1 is 0.947 bits per heavy atom. The number of carbonyl (C=O) groups excluding carboxylic acids is 2. The number of carbonyl (C=O) groups is 2. The summed E-state index contributed by atoms with van der Waals surface area (Å²) in [7, 11) is 1.60. The second kappa shape index (κ2) is 15.6. The predicted octanol–water partition coefficient (Wildman–Crippen LogP) is 4.91. The maximum atomic E-state index is 13.6. The Kier molecular flexibility index (Phi) is 11.9. The number of rotatable bonds is 15. The number of hydrogen-bond acceptors (Lipinski definition) is 5. The number of methoxy groups -OCH3 is 1. The first-order chi connectivity index (χ1) is 18.5. The summed E-state index contributed by atoms with van der Waals surface area (Å²) in [4.78, 5) is 28.7. The topological polar surface area (TPSA) is 77.1 Å². The molecule has 1 N–H and O–H groups in total. The van der Waals surface area contributed by atoms with Gasteiger partial charge in [-0.05, 0) is 48.7 Å². The van der Waals surface area contributed by atoms with Crippen molar-refractivity contribution in [2.45, 2.75) is 32.4 Å². The Morgan fingerprint density at radius 3 is 2.34 bits per heavy atom. The van der Waals surface area contributed by atoms with Crippen LogP contribution in [-0.2, 0) is 27.3 Å². The van der Waals surface area contributed by atoms with E-state index in [1.807, 2.05) is 61.5 Å². The molecule has 0 aliphatic rings. The molecule has 0 spiro atoms. The van der Waals surface area contributed by atoms with E-state index in [0.717, 1.165) is 11.1 Å². The van der Waals surface area contributed by atoms with Crippen LogP contribution >= 0.6 is 11.6 Å². The first kappa shape index (κ1) is 29.0. The van der Waals surface area contributed by atoms with Crippen LogP contribution in [0.25, 0.3) is 0 Å². The summed E-state index contributed by atoms with van der Waals surface area (Å²) in [6.07, 6.45) is 1.03. The highest BCUT2D eigenvalue weighted by atomic mass is 35.5. The molecule has 7 nitrogen and oxygen atoms in total. The predicted molar refractivity (Wildman–Crippen MR) is 149 cm³/mol. The van der Waals surface area contributed by atoms with Gasteiger partial charge in [-0.25, -0.2) is 0 Å². The van der Waals surface area contributed by atoms with Crippen LogP contribution in [-0.4, -0.2) is 56.2 Å². The summed E-state index contributed by atoms with van der Waals surface area (Å²) >= 11 is 6.22. The largest absolute Gasteiger partial charge is 0.497 e. The van der Waals surface area contributed by atoms with E-state index in [9.17, 15) is 9.59 Å². The monoisotopic (exact) mass is 538 g/mol. The molecule has 0 saturated heterocycles. The van der Waals surface area contributed by atoms with Crippen molar-refractivity contribution in [1.29, 1.82) is 0 Å². The van der Waals surface area contributed by atoms with Gasteiger partial charge in [-0.2, -0.15) is 0 Å². The summed E-state index contributed by atoms with van der Waals surface area (Å²) in [6, 6.07) is 23.3. The number of ether oxygens (including phenoxy) is 3. The Labute approximate surface area is 229 Å². The number of nitrogens with one attached hydrogen (secondary N) is 1. The number of para-hydroxylation sites is 1. The van der Waals surface area contributed by atoms with Crippen LogP contribution in [0.3, 0.4) is 0 Å². The first-order valence-electron chi connectivity index (χ1n) is 12.7. The molecule has 202 valence electrons. The van der Waals surface area contributed by atoms with Crippen molar-refractivity contribution >= 4 is 23.4 Å². The van der Waals surface area contributed by atoms with E-state index in [1.54, 1.807) is 36.3 Å². The van der Waals surface area contributed by atoms with Gasteiger partial charge < -0.3 is 24.4 Å². The average molecular weight is 539 g/mol. The van der Waals surface area contributed by atoms with Crippen molar-refractivity contribution in [3.63, 3.8) is 0 Å². The summed E-state index contributed by atoms with van der Waals surface area (Å²) in [5.74, 6) is 0.560. The van der Waals surface area contributed by atoms with Crippen LogP contribution in [0.5, 0.6) is 11.5 Å². The fourth-order valence-electron chi connectivity index (χ4n) is 3.91. The molecule has 0 unspecified atom stereocenters. The lowest BCUT2D eigenvalue weighted by Gasteiger charge is -2.31. The number of nitrogens with zero attached hydrogens (tertiary/aromatic N) is 1. The highest BCUT2D eigenvalue weighted by molar-refractivity contribution is 6.32. The lowest BCUT2D eigenvalue weighted by atomic mass is 10.0. The molecule has 0 heterocycles. The zero-order chi connectivity index (χ0) is 27.2. The zero-order valence-electron chi connectivity index (χ0n) is 21.9. The molecular weight excluding hydrogens is 504 g/mol. The minimum atomic E-state index is -0.756. The maximum Gasteiger partial charge on any atom is 0.261 e. The normalized spacial score (nSPS) is 11.4. The van der Waals surface area contributed by atoms with Gasteiger partial charge in [0.05, 0.1) is 12.1 Å². The van der Waals surface area contributed by atoms with E-state index < -0.39 is 6.04 Å². The van der Waals surface area contributed by atoms with E-state index >= 15 is 0 Å². The maximum absolute atomic E-state index is 13.6. The van der Waals surface area contributed by atoms with Gasteiger partial charge in [0, 0.05) is 32.7 Å². The SMILES string of the molecule is CCOCCCNC(=O)[C@@H](Cc1ccccc1)N(Cc1ccc(OC)cc1)C(=O)COc1ccccc1Cl. The Bertz CT molecular complexity index is 1140. The minimum Gasteiger partial charge on any atom is -0.497 e. The van der Waals surface area contributed by atoms with Crippen molar-refractivity contribution in [3.8, 4) is 11.5 Å². The van der Waals surface area contributed by atoms with E-state index in [2.05, 4.69) is 5.32 Å². The summed E-state index contributed by atoms with van der Waals surface area (Å²) in [5, 5.41) is 3.40. The Balaban J connectivity index is 1.86. The summed E-state index contributed by atoms with van der Waals surface area (Å²) in [6.45, 7) is 3.52. The molecule has 0 aromatic heterocycles. The van der Waals surface area contributed by atoms with Crippen molar-refractivity contribution in [1.82, 2.24) is 10.2 Å². The Morgan fingerprint density at radius 2 is 1.66 bits per heavy atom. The van der Waals surface area contributed by atoms with Gasteiger partial charge in [0.15, 0.2) is 6.61 Å². The molecule has 3 rings (SSSR count). The molecule has 0 saturated carbocycles. The molecular formula is C30H35ClN2O5. The molecule has 1 atom stereocenters. The smallest absolute Gasteiger partial charge is 0.261 e. The third-order valence-corrected chi connectivity index (χ3v) is 6.25. The second-order valence-electron chi connectivity index (χ2n) is 8.64. The van der Waals surface area contributed by atoms with Crippen LogP contribution < -0.4 is 14.8 Å². The van der Waals surface area contributed by atoms with E-state index in [4.69, 9.17) is 25.8 Å². The van der Waals surface area contributed by atoms with Crippen LogP contribution in [0.4, 0.5) is 0 Å². The van der Waals surface area contributed by atoms with Crippen LogP contribution in [0.15, 0.2) is 78.9 Å². The van der Waals surface area contributed by atoms with Crippen molar-refractivity contribution in [2.24, 2.45) is 0 Å². The average Bonchev–Trinajstić information content (AvgIpc) is 2.95. The minimum absolute atomic E-state index is 0.221. The van der Waals surface area contributed by atoms with Crippen LogP contribution in [0, 0.1) is 0 Å². The molecule has 0 aliphatic heterocycles. The highest BCUT2D eigenvalue weighted by Gasteiger charge is 2.30. The van der Waals surface area contributed by atoms with Crippen LogP contribution in [0.1, 0.15) is 24.5 Å². The van der Waals surface area contributed by atoms with Crippen molar-refractivity contribution in [3.05, 3.63) is 95.0 Å². The molecule has 8 heteroatoms. The summed E-state index contributed by atoms with van der Waals surface area (Å²) < 4.78 is 16.4. The third kappa shape index (κ3) is 9.08. The fraction of sp³-hybridized carbons (Fsp3) is 0.333. The second-order valence-corrected chi connectivity index (χ2v) is 9.04. The zero-order valence-corrected chi connectivity index (χ0v) is 22.7. The van der Waals surface area contributed by atoms with Gasteiger partial charge >= 0.3 is 0 Å². The number of halogens is 1. The van der Waals surface area contributed by atoms with Gasteiger partial charge in [0.2, 0.25) is 5.91 Å². The molecule has 0 aliphatic carbocycles. The van der Waals surface area contributed by atoms with E-state index in [0.29, 0.717) is 49.1 Å². The summed E-state index contributed by atoms with van der Waals surface area (Å²) in [5.41, 5.74) is 1.81. The molecule has 3 aromatic rings. The number of benzene rings is 3. The van der Waals surface area contributed by atoms with Gasteiger partial charge in [0.25, 0.3) is 5.91 Å². The fourth-order valence-corrected chi connectivity index (χ4v) is 4.10. The highest BCUT2D eigenvalue weighted by Crippen LogP contribution is 2.24. The number of hydrogen-bond donors (Lipinski definition) is 1. The molecule has 38 heavy (non-hydrogen) atoms. The molecule has 0 radical (unpaired) electrons. The number of amides is 2. The Hall–Kier alpha value is -3.55. The van der Waals surface area contributed by atoms with E-state index in [1.165, 1.54) is 0 Å². The lowest BCUT2D eigenvalue weighted by Crippen LogP contribution is -2.52. The van der Waals surface area contributed by atoms with Crippen molar-refractivity contribution in [2.75, 3.05) is 33.5 Å².